The maximum absolute atomic E-state index is 11.4. The first-order valence-electron chi connectivity index (χ1n) is 5.56. The average molecular weight is 274 g/mol. The summed E-state index contributed by atoms with van der Waals surface area (Å²) < 4.78 is 8.83. The number of nitrogens with one attached hydrogen (secondary N) is 2. The number of esters is 2. The molecule has 0 fully saturated rings. The molecule has 0 spiro atoms. The quantitative estimate of drug-likeness (QED) is 0.461. The van der Waals surface area contributed by atoms with Crippen LogP contribution < -0.4 is 10.6 Å². The number of hydrogen-bond acceptors (Lipinski definition) is 6. The Morgan fingerprint density at radius 1 is 0.842 bits per heavy atom. The number of amides is 2. The van der Waals surface area contributed by atoms with Crippen molar-refractivity contribution >= 4 is 23.8 Å². The molecule has 0 aliphatic carbocycles. The van der Waals surface area contributed by atoms with Crippen LogP contribution in [0.3, 0.4) is 0 Å². The zero-order valence-electron chi connectivity index (χ0n) is 11.3. The van der Waals surface area contributed by atoms with E-state index in [4.69, 9.17) is 0 Å². The maximum Gasteiger partial charge on any atom is 0.328 e. The molecule has 2 amide bonds. The highest BCUT2D eigenvalue weighted by Crippen LogP contribution is 1.91. The number of carbonyl (C=O) groups excluding carboxylic acids is 4. The predicted octanol–water partition coefficient (Wildman–Crippen LogP) is -1.27. The van der Waals surface area contributed by atoms with Crippen molar-refractivity contribution in [3.05, 3.63) is 0 Å². The molecule has 0 saturated heterocycles. The van der Waals surface area contributed by atoms with Crippen molar-refractivity contribution in [1.82, 2.24) is 10.6 Å². The van der Waals surface area contributed by atoms with E-state index in [0.29, 0.717) is 0 Å². The summed E-state index contributed by atoms with van der Waals surface area (Å²) in [5.74, 6) is -2.52. The summed E-state index contributed by atoms with van der Waals surface area (Å²) in [6.07, 6.45) is -0.497. The van der Waals surface area contributed by atoms with E-state index in [9.17, 15) is 19.2 Å². The third kappa shape index (κ3) is 6.39. The summed E-state index contributed by atoms with van der Waals surface area (Å²) in [6.45, 7) is 2.86. The Morgan fingerprint density at radius 3 is 1.42 bits per heavy atom. The Labute approximate surface area is 110 Å². The lowest BCUT2D eigenvalue weighted by Gasteiger charge is -2.13. The van der Waals surface area contributed by atoms with Gasteiger partial charge in [-0.15, -0.1) is 0 Å². The highest BCUT2D eigenvalue weighted by atomic mass is 16.5. The van der Waals surface area contributed by atoms with Crippen molar-refractivity contribution in [2.45, 2.75) is 32.4 Å². The zero-order valence-corrected chi connectivity index (χ0v) is 11.3. The lowest BCUT2D eigenvalue weighted by molar-refractivity contribution is -0.145. The third-order valence-corrected chi connectivity index (χ3v) is 2.19. The van der Waals surface area contributed by atoms with Gasteiger partial charge < -0.3 is 20.1 Å². The molecule has 108 valence electrons. The molecule has 0 saturated carbocycles. The molecule has 0 aromatic carbocycles. The molecule has 0 aliphatic rings. The second-order valence-corrected chi connectivity index (χ2v) is 3.80. The van der Waals surface area contributed by atoms with E-state index >= 15 is 0 Å². The van der Waals surface area contributed by atoms with Crippen LogP contribution >= 0.6 is 0 Å². The van der Waals surface area contributed by atoms with Crippen molar-refractivity contribution in [2.24, 2.45) is 0 Å². The van der Waals surface area contributed by atoms with E-state index in [-0.39, 0.29) is 0 Å². The van der Waals surface area contributed by atoms with Crippen LogP contribution in [-0.2, 0) is 28.7 Å². The minimum Gasteiger partial charge on any atom is -0.467 e. The van der Waals surface area contributed by atoms with Crippen molar-refractivity contribution in [2.75, 3.05) is 14.2 Å². The summed E-state index contributed by atoms with van der Waals surface area (Å²) in [5, 5.41) is 4.57. The SMILES string of the molecule is COC(=O)[C@H](C)NC(=O)CC(=O)N[C@@H](C)C(=O)OC. The van der Waals surface area contributed by atoms with Crippen LogP contribution in [0, 0.1) is 0 Å². The van der Waals surface area contributed by atoms with Crippen LogP contribution in [0.4, 0.5) is 0 Å². The van der Waals surface area contributed by atoms with E-state index in [2.05, 4.69) is 20.1 Å². The van der Waals surface area contributed by atoms with Gasteiger partial charge >= 0.3 is 11.9 Å². The number of ether oxygens (including phenoxy) is 2. The van der Waals surface area contributed by atoms with Crippen LogP contribution in [0.5, 0.6) is 0 Å². The number of methoxy groups -OCH3 is 2. The van der Waals surface area contributed by atoms with Crippen molar-refractivity contribution in [3.63, 3.8) is 0 Å². The summed E-state index contributed by atoms with van der Waals surface area (Å²) in [5.41, 5.74) is 0. The standard InChI is InChI=1S/C11H18N2O6/c1-6(10(16)18-3)12-8(14)5-9(15)13-7(2)11(17)19-4/h6-7H,5H2,1-4H3,(H,12,14)(H,13,15)/t6-,7-/m0/s1. The predicted molar refractivity (Wildman–Crippen MR) is 63.9 cm³/mol. The number of rotatable bonds is 6. The molecule has 8 heteroatoms. The van der Waals surface area contributed by atoms with Crippen molar-refractivity contribution < 1.29 is 28.7 Å². The maximum atomic E-state index is 11.4. The second kappa shape index (κ2) is 8.06. The number of hydrogen-bond donors (Lipinski definition) is 2. The minimum absolute atomic E-state index is 0.497. The van der Waals surface area contributed by atoms with Crippen LogP contribution in [-0.4, -0.2) is 50.1 Å². The topological polar surface area (TPSA) is 111 Å². The van der Waals surface area contributed by atoms with Gasteiger partial charge in [-0.1, -0.05) is 0 Å². The van der Waals surface area contributed by atoms with E-state index in [1.54, 1.807) is 0 Å². The molecule has 0 aromatic rings. The summed E-state index contributed by atoms with van der Waals surface area (Å²) in [7, 11) is 2.38. The molecule has 2 atom stereocenters. The summed E-state index contributed by atoms with van der Waals surface area (Å²) in [4.78, 5) is 44.9. The van der Waals surface area contributed by atoms with Gasteiger partial charge in [0.2, 0.25) is 11.8 Å². The van der Waals surface area contributed by atoms with Gasteiger partial charge in [-0.2, -0.15) is 0 Å². The van der Waals surface area contributed by atoms with Gasteiger partial charge in [0.05, 0.1) is 14.2 Å². The zero-order chi connectivity index (χ0) is 15.0. The molecule has 19 heavy (non-hydrogen) atoms. The van der Waals surface area contributed by atoms with E-state index in [1.165, 1.54) is 28.1 Å². The van der Waals surface area contributed by atoms with Gasteiger partial charge in [-0.25, -0.2) is 9.59 Å². The Morgan fingerprint density at radius 2 is 1.16 bits per heavy atom. The van der Waals surface area contributed by atoms with Gasteiger partial charge in [0.15, 0.2) is 0 Å². The smallest absolute Gasteiger partial charge is 0.328 e. The first-order chi connectivity index (χ1) is 8.81. The Kier molecular flexibility index (Phi) is 7.16. The van der Waals surface area contributed by atoms with Gasteiger partial charge in [-0.05, 0) is 13.8 Å². The van der Waals surface area contributed by atoms with Crippen LogP contribution in [0.2, 0.25) is 0 Å². The summed E-state index contributed by atoms with van der Waals surface area (Å²) >= 11 is 0. The van der Waals surface area contributed by atoms with Crippen molar-refractivity contribution in [1.29, 1.82) is 0 Å². The Bertz CT molecular complexity index is 334. The molecule has 0 aliphatic heterocycles. The van der Waals surface area contributed by atoms with E-state index in [1.807, 2.05) is 0 Å². The second-order valence-electron chi connectivity index (χ2n) is 3.80. The third-order valence-electron chi connectivity index (χ3n) is 2.19. The average Bonchev–Trinajstić information content (AvgIpc) is 2.35. The fraction of sp³-hybridized carbons (Fsp3) is 0.636. The molecule has 0 rings (SSSR count). The highest BCUT2D eigenvalue weighted by Gasteiger charge is 2.20. The molecule has 2 N–H and O–H groups in total. The lowest BCUT2D eigenvalue weighted by atomic mass is 10.2. The van der Waals surface area contributed by atoms with Gasteiger partial charge in [0.1, 0.15) is 18.5 Å². The normalized spacial score (nSPS) is 12.8. The van der Waals surface area contributed by atoms with E-state index in [0.717, 1.165) is 0 Å². The monoisotopic (exact) mass is 274 g/mol. The number of carbonyl (C=O) groups is 4. The van der Waals surface area contributed by atoms with Gasteiger partial charge in [-0.3, -0.25) is 9.59 Å². The Hall–Kier alpha value is -2.12. The fourth-order valence-electron chi connectivity index (χ4n) is 1.20. The van der Waals surface area contributed by atoms with Crippen LogP contribution in [0.1, 0.15) is 20.3 Å². The molecule has 0 bridgehead atoms. The van der Waals surface area contributed by atoms with E-state index < -0.39 is 42.3 Å². The largest absolute Gasteiger partial charge is 0.467 e. The van der Waals surface area contributed by atoms with Crippen LogP contribution in [0.25, 0.3) is 0 Å². The molecule has 0 unspecified atom stereocenters. The first kappa shape index (κ1) is 16.9. The van der Waals surface area contributed by atoms with Crippen LogP contribution in [0.15, 0.2) is 0 Å². The molecule has 0 radical (unpaired) electrons. The summed E-state index contributed by atoms with van der Waals surface area (Å²) in [6, 6.07) is -1.69. The minimum atomic E-state index is -0.844. The van der Waals surface area contributed by atoms with Gasteiger partial charge in [0, 0.05) is 0 Å². The Balaban J connectivity index is 4.16. The molecule has 0 heterocycles. The molecule has 8 nitrogen and oxygen atoms in total. The first-order valence-corrected chi connectivity index (χ1v) is 5.56. The molecule has 0 aromatic heterocycles. The fourth-order valence-corrected chi connectivity index (χ4v) is 1.20. The van der Waals surface area contributed by atoms with Gasteiger partial charge in [0.25, 0.3) is 0 Å². The molecular formula is C11H18N2O6. The lowest BCUT2D eigenvalue weighted by Crippen LogP contribution is -2.44. The van der Waals surface area contributed by atoms with Crippen molar-refractivity contribution in [3.8, 4) is 0 Å². The highest BCUT2D eigenvalue weighted by molar-refractivity contribution is 5.99. The molecular weight excluding hydrogens is 256 g/mol.